The molecule has 0 aliphatic heterocycles. The number of aromatic amines is 1. The number of amides is 1. The van der Waals surface area contributed by atoms with Crippen LogP contribution in [0.1, 0.15) is 16.1 Å². The van der Waals surface area contributed by atoms with Gasteiger partial charge >= 0.3 is 0 Å². The molecule has 0 unspecified atom stereocenters. The Balaban J connectivity index is 1.55. The Bertz CT molecular complexity index is 832. The zero-order valence-electron chi connectivity index (χ0n) is 12.3. The third-order valence-electron chi connectivity index (χ3n) is 3.33. The van der Waals surface area contributed by atoms with Gasteiger partial charge in [0, 0.05) is 36.9 Å². The highest BCUT2D eigenvalue weighted by molar-refractivity contribution is 5.93. The van der Waals surface area contributed by atoms with Gasteiger partial charge in [0.2, 0.25) is 5.56 Å². The molecule has 1 aromatic carbocycles. The second-order valence-corrected chi connectivity index (χ2v) is 5.00. The highest BCUT2D eigenvalue weighted by Gasteiger charge is 2.08. The number of H-pyrrole nitrogens is 1. The minimum absolute atomic E-state index is 0.238. The largest absolute Gasteiger partial charge is 0.356 e. The molecule has 0 aliphatic carbocycles. The normalized spacial score (nSPS) is 10.4. The molecule has 116 valence electrons. The molecule has 6 nitrogen and oxygen atoms in total. The highest BCUT2D eigenvalue weighted by atomic mass is 16.5. The standard InChI is InChI=1S/C17H15N3O3/c21-16-7-6-13(11-19-16)17(22)18-9-8-14-10-15(23-20-14)12-4-2-1-3-5-12/h1-7,10-11H,8-9H2,(H,18,22)(H,19,21). The van der Waals surface area contributed by atoms with E-state index >= 15 is 0 Å². The maximum absolute atomic E-state index is 11.9. The third kappa shape index (κ3) is 3.74. The average molecular weight is 309 g/mol. The van der Waals surface area contributed by atoms with Crippen molar-refractivity contribution in [3.05, 3.63) is 76.3 Å². The van der Waals surface area contributed by atoms with E-state index in [-0.39, 0.29) is 11.5 Å². The van der Waals surface area contributed by atoms with Crippen LogP contribution in [0, 0.1) is 0 Å². The molecule has 3 aromatic rings. The number of benzene rings is 1. The minimum Gasteiger partial charge on any atom is -0.356 e. The van der Waals surface area contributed by atoms with Crippen LogP contribution in [0.2, 0.25) is 0 Å². The van der Waals surface area contributed by atoms with Crippen LogP contribution >= 0.6 is 0 Å². The number of nitrogens with zero attached hydrogens (tertiary/aromatic N) is 1. The lowest BCUT2D eigenvalue weighted by molar-refractivity contribution is 0.0953. The van der Waals surface area contributed by atoms with Crippen molar-refractivity contribution >= 4 is 5.91 Å². The Morgan fingerprint density at radius 3 is 2.74 bits per heavy atom. The lowest BCUT2D eigenvalue weighted by Gasteiger charge is -2.02. The van der Waals surface area contributed by atoms with E-state index in [1.807, 2.05) is 36.4 Å². The second kappa shape index (κ2) is 6.74. The van der Waals surface area contributed by atoms with E-state index < -0.39 is 0 Å². The van der Waals surface area contributed by atoms with Crippen molar-refractivity contribution in [2.75, 3.05) is 6.54 Å². The summed E-state index contributed by atoms with van der Waals surface area (Å²) in [5.41, 5.74) is 1.90. The molecular weight excluding hydrogens is 294 g/mol. The molecule has 0 saturated carbocycles. The number of aromatic nitrogens is 2. The Labute approximate surface area is 132 Å². The Morgan fingerprint density at radius 1 is 1.17 bits per heavy atom. The van der Waals surface area contributed by atoms with E-state index in [1.54, 1.807) is 0 Å². The number of pyridine rings is 1. The van der Waals surface area contributed by atoms with Crippen molar-refractivity contribution in [3.63, 3.8) is 0 Å². The number of carbonyl (C=O) groups is 1. The number of hydrogen-bond donors (Lipinski definition) is 2. The van der Waals surface area contributed by atoms with Gasteiger partial charge in [-0.2, -0.15) is 0 Å². The quantitative estimate of drug-likeness (QED) is 0.754. The first-order valence-corrected chi connectivity index (χ1v) is 7.20. The number of hydrogen-bond acceptors (Lipinski definition) is 4. The first-order chi connectivity index (χ1) is 11.2. The summed E-state index contributed by atoms with van der Waals surface area (Å²) in [7, 11) is 0. The summed E-state index contributed by atoms with van der Waals surface area (Å²) in [6, 6.07) is 14.4. The smallest absolute Gasteiger partial charge is 0.252 e. The van der Waals surface area contributed by atoms with Crippen molar-refractivity contribution in [1.82, 2.24) is 15.5 Å². The molecule has 6 heteroatoms. The Kier molecular flexibility index (Phi) is 4.33. The van der Waals surface area contributed by atoms with Crippen molar-refractivity contribution in [1.29, 1.82) is 0 Å². The van der Waals surface area contributed by atoms with E-state index in [1.165, 1.54) is 18.3 Å². The Hall–Kier alpha value is -3.15. The molecule has 2 aromatic heterocycles. The van der Waals surface area contributed by atoms with Crippen LogP contribution in [0.25, 0.3) is 11.3 Å². The van der Waals surface area contributed by atoms with Crippen LogP contribution in [0.5, 0.6) is 0 Å². The highest BCUT2D eigenvalue weighted by Crippen LogP contribution is 2.19. The molecule has 0 radical (unpaired) electrons. The first-order valence-electron chi connectivity index (χ1n) is 7.20. The molecule has 0 atom stereocenters. The summed E-state index contributed by atoms with van der Waals surface area (Å²) in [6.45, 7) is 0.429. The van der Waals surface area contributed by atoms with Gasteiger partial charge in [-0.25, -0.2) is 0 Å². The van der Waals surface area contributed by atoms with Crippen molar-refractivity contribution in [3.8, 4) is 11.3 Å². The zero-order chi connectivity index (χ0) is 16.1. The summed E-state index contributed by atoms with van der Waals surface area (Å²) >= 11 is 0. The lowest BCUT2D eigenvalue weighted by Crippen LogP contribution is -2.26. The average Bonchev–Trinajstić information content (AvgIpc) is 3.05. The van der Waals surface area contributed by atoms with Gasteiger partial charge in [0.1, 0.15) is 0 Å². The predicted octanol–water partition coefficient (Wildman–Crippen LogP) is 2.00. The molecule has 2 heterocycles. The fourth-order valence-electron chi connectivity index (χ4n) is 2.13. The van der Waals surface area contributed by atoms with Gasteiger partial charge in [0.25, 0.3) is 5.91 Å². The molecule has 3 rings (SSSR count). The SMILES string of the molecule is O=C(NCCc1cc(-c2ccccc2)on1)c1ccc(=O)[nH]c1. The number of nitrogens with one attached hydrogen (secondary N) is 2. The fourth-order valence-corrected chi connectivity index (χ4v) is 2.13. The van der Waals surface area contributed by atoms with E-state index in [0.717, 1.165) is 11.3 Å². The van der Waals surface area contributed by atoms with Gasteiger partial charge in [-0.1, -0.05) is 35.5 Å². The van der Waals surface area contributed by atoms with Crippen LogP contribution in [0.15, 0.2) is 64.0 Å². The third-order valence-corrected chi connectivity index (χ3v) is 3.33. The Morgan fingerprint density at radius 2 is 2.00 bits per heavy atom. The summed E-state index contributed by atoms with van der Waals surface area (Å²) in [5.74, 6) is 0.459. The van der Waals surface area contributed by atoms with Crippen LogP contribution < -0.4 is 10.9 Å². The van der Waals surface area contributed by atoms with Crippen LogP contribution in [-0.4, -0.2) is 22.6 Å². The fraction of sp³-hybridized carbons (Fsp3) is 0.118. The molecule has 23 heavy (non-hydrogen) atoms. The first kappa shape index (κ1) is 14.8. The lowest BCUT2D eigenvalue weighted by atomic mass is 10.1. The van der Waals surface area contributed by atoms with Crippen molar-refractivity contribution in [2.24, 2.45) is 0 Å². The van der Waals surface area contributed by atoms with Crippen molar-refractivity contribution in [2.45, 2.75) is 6.42 Å². The second-order valence-electron chi connectivity index (χ2n) is 5.00. The maximum atomic E-state index is 11.9. The molecule has 2 N–H and O–H groups in total. The maximum Gasteiger partial charge on any atom is 0.252 e. The zero-order valence-corrected chi connectivity index (χ0v) is 12.3. The van der Waals surface area contributed by atoms with E-state index in [0.29, 0.717) is 24.3 Å². The number of carbonyl (C=O) groups excluding carboxylic acids is 1. The molecule has 0 saturated heterocycles. The molecule has 0 bridgehead atoms. The summed E-state index contributed by atoms with van der Waals surface area (Å²) < 4.78 is 5.30. The predicted molar refractivity (Wildman–Crippen MR) is 85.0 cm³/mol. The number of rotatable bonds is 5. The molecule has 1 amide bonds. The molecular formula is C17H15N3O3. The minimum atomic E-state index is -0.243. The molecule has 0 fully saturated rings. The van der Waals surface area contributed by atoms with Gasteiger partial charge < -0.3 is 14.8 Å². The van der Waals surface area contributed by atoms with E-state index in [4.69, 9.17) is 4.52 Å². The van der Waals surface area contributed by atoms with Crippen LogP contribution in [0.4, 0.5) is 0 Å². The van der Waals surface area contributed by atoms with Gasteiger partial charge in [-0.05, 0) is 6.07 Å². The van der Waals surface area contributed by atoms with Gasteiger partial charge in [-0.15, -0.1) is 0 Å². The summed E-state index contributed by atoms with van der Waals surface area (Å²) in [6.07, 6.45) is 1.95. The van der Waals surface area contributed by atoms with Crippen molar-refractivity contribution < 1.29 is 9.32 Å². The van der Waals surface area contributed by atoms with E-state index in [9.17, 15) is 9.59 Å². The van der Waals surface area contributed by atoms with Crippen LogP contribution in [-0.2, 0) is 6.42 Å². The topological polar surface area (TPSA) is 88.0 Å². The molecule has 0 spiro atoms. The van der Waals surface area contributed by atoms with Gasteiger partial charge in [-0.3, -0.25) is 9.59 Å². The van der Waals surface area contributed by atoms with Gasteiger partial charge in [0.05, 0.1) is 11.3 Å². The summed E-state index contributed by atoms with van der Waals surface area (Å²) in [4.78, 5) is 25.3. The monoisotopic (exact) mass is 309 g/mol. The molecule has 0 aliphatic rings. The summed E-state index contributed by atoms with van der Waals surface area (Å²) in [5, 5.41) is 6.77. The van der Waals surface area contributed by atoms with E-state index in [2.05, 4.69) is 15.5 Å². The van der Waals surface area contributed by atoms with Gasteiger partial charge in [0.15, 0.2) is 5.76 Å². The van der Waals surface area contributed by atoms with Crippen LogP contribution in [0.3, 0.4) is 0 Å².